The molecule has 1 aromatic rings. The van der Waals surface area contributed by atoms with Crippen LogP contribution < -0.4 is 0 Å². The Hall–Kier alpha value is -1.91. The molecule has 1 fully saturated rings. The predicted molar refractivity (Wildman–Crippen MR) is 64.8 cm³/mol. The maximum Gasteiger partial charge on any atom is 0.385 e. The second kappa shape index (κ2) is 4.40. The van der Waals surface area contributed by atoms with Crippen LogP contribution in [0.4, 0.5) is 0 Å². The van der Waals surface area contributed by atoms with Gasteiger partial charge in [-0.3, -0.25) is 10.1 Å². The number of benzene rings is 1. The summed E-state index contributed by atoms with van der Waals surface area (Å²) in [6.45, 7) is 3.37. The Balaban J connectivity index is 2.23. The van der Waals surface area contributed by atoms with E-state index in [1.165, 1.54) is 0 Å². The fraction of sp³-hybridized carbons (Fsp3) is 0.462. The highest BCUT2D eigenvalue weighted by Crippen LogP contribution is 2.54. The van der Waals surface area contributed by atoms with Crippen LogP contribution in [0.5, 0.6) is 0 Å². The monoisotopic (exact) mass is 249 g/mol. The van der Waals surface area contributed by atoms with Gasteiger partial charge in [0.1, 0.15) is 0 Å². The summed E-state index contributed by atoms with van der Waals surface area (Å²) >= 11 is 0. The number of nitro groups is 1. The van der Waals surface area contributed by atoms with Crippen molar-refractivity contribution in [2.45, 2.75) is 37.8 Å². The second-order valence-corrected chi connectivity index (χ2v) is 4.80. The molecule has 1 aliphatic carbocycles. The predicted octanol–water partition coefficient (Wildman–Crippen LogP) is 2.14. The highest BCUT2D eigenvalue weighted by atomic mass is 16.6. The Morgan fingerprint density at radius 3 is 2.56 bits per heavy atom. The third kappa shape index (κ3) is 1.96. The molecule has 0 saturated heterocycles. The lowest BCUT2D eigenvalue weighted by Crippen LogP contribution is -2.37. The molecule has 18 heavy (non-hydrogen) atoms. The second-order valence-electron chi connectivity index (χ2n) is 4.80. The molecule has 2 rings (SSSR count). The summed E-state index contributed by atoms with van der Waals surface area (Å²) in [7, 11) is 0. The first-order chi connectivity index (χ1) is 8.48. The molecule has 2 atom stereocenters. The van der Waals surface area contributed by atoms with Gasteiger partial charge >= 0.3 is 11.5 Å². The van der Waals surface area contributed by atoms with E-state index >= 15 is 0 Å². The zero-order valence-corrected chi connectivity index (χ0v) is 10.3. The highest BCUT2D eigenvalue weighted by molar-refractivity contribution is 5.85. The van der Waals surface area contributed by atoms with E-state index < -0.39 is 16.4 Å². The number of hydrogen-bond donors (Lipinski definition) is 0. The SMILES string of the molecule is CC(C)OC(=O)[C@@]1([N+](=O)[O-])C[C@H]1c1ccccc1. The van der Waals surface area contributed by atoms with E-state index in [0.29, 0.717) is 0 Å². The van der Waals surface area contributed by atoms with Crippen LogP contribution in [-0.4, -0.2) is 22.5 Å². The summed E-state index contributed by atoms with van der Waals surface area (Å²) in [4.78, 5) is 22.6. The minimum absolute atomic E-state index is 0.218. The van der Waals surface area contributed by atoms with Crippen molar-refractivity contribution < 1.29 is 14.5 Å². The lowest BCUT2D eigenvalue weighted by molar-refractivity contribution is -0.527. The van der Waals surface area contributed by atoms with Crippen molar-refractivity contribution in [3.63, 3.8) is 0 Å². The summed E-state index contributed by atoms with van der Waals surface area (Å²) in [5.41, 5.74) is -0.763. The van der Waals surface area contributed by atoms with Crippen LogP contribution in [0.2, 0.25) is 0 Å². The highest BCUT2D eigenvalue weighted by Gasteiger charge is 2.74. The van der Waals surface area contributed by atoms with Gasteiger partial charge in [0, 0.05) is 11.3 Å². The Morgan fingerprint density at radius 2 is 2.06 bits per heavy atom. The van der Waals surface area contributed by atoms with Crippen molar-refractivity contribution in [3.8, 4) is 0 Å². The van der Waals surface area contributed by atoms with Gasteiger partial charge in [0.05, 0.1) is 12.0 Å². The Bertz CT molecular complexity index is 471. The van der Waals surface area contributed by atoms with Crippen molar-refractivity contribution in [2.75, 3.05) is 0 Å². The number of nitrogens with zero attached hydrogens (tertiary/aromatic N) is 1. The molecule has 0 unspecified atom stereocenters. The van der Waals surface area contributed by atoms with Gasteiger partial charge in [-0.2, -0.15) is 0 Å². The average Bonchev–Trinajstić information content (AvgIpc) is 3.05. The first-order valence-electron chi connectivity index (χ1n) is 5.89. The number of rotatable bonds is 4. The van der Waals surface area contributed by atoms with Gasteiger partial charge in [-0.15, -0.1) is 0 Å². The van der Waals surface area contributed by atoms with Crippen LogP contribution in [0, 0.1) is 10.1 Å². The molecule has 0 aromatic heterocycles. The summed E-state index contributed by atoms with van der Waals surface area (Å²) in [5.74, 6) is -1.10. The van der Waals surface area contributed by atoms with Crippen molar-refractivity contribution in [1.29, 1.82) is 0 Å². The van der Waals surface area contributed by atoms with Gasteiger partial charge in [-0.25, -0.2) is 4.79 Å². The fourth-order valence-electron chi connectivity index (χ4n) is 2.15. The molecule has 1 saturated carbocycles. The van der Waals surface area contributed by atoms with E-state index in [4.69, 9.17) is 4.74 Å². The summed E-state index contributed by atoms with van der Waals surface area (Å²) < 4.78 is 5.01. The lowest BCUT2D eigenvalue weighted by Gasteiger charge is -2.12. The number of carbonyl (C=O) groups excluding carboxylic acids is 1. The Morgan fingerprint density at radius 1 is 1.44 bits per heavy atom. The smallest absolute Gasteiger partial charge is 0.385 e. The van der Waals surface area contributed by atoms with E-state index in [-0.39, 0.29) is 18.4 Å². The minimum Gasteiger partial charge on any atom is -0.458 e. The first kappa shape index (κ1) is 12.5. The maximum atomic E-state index is 11.9. The van der Waals surface area contributed by atoms with Crippen LogP contribution >= 0.6 is 0 Å². The fourth-order valence-corrected chi connectivity index (χ4v) is 2.15. The molecule has 1 aliphatic rings. The number of hydrogen-bond acceptors (Lipinski definition) is 4. The van der Waals surface area contributed by atoms with Gasteiger partial charge in [-0.05, 0) is 19.4 Å². The third-order valence-corrected chi connectivity index (χ3v) is 3.16. The van der Waals surface area contributed by atoms with Crippen molar-refractivity contribution >= 4 is 5.97 Å². The van der Waals surface area contributed by atoms with Gasteiger partial charge in [0.2, 0.25) is 0 Å². The molecule has 96 valence electrons. The molecule has 0 bridgehead atoms. The van der Waals surface area contributed by atoms with E-state index in [1.807, 2.05) is 18.2 Å². The van der Waals surface area contributed by atoms with Gasteiger partial charge in [0.15, 0.2) is 0 Å². The van der Waals surface area contributed by atoms with Crippen LogP contribution in [-0.2, 0) is 9.53 Å². The van der Waals surface area contributed by atoms with E-state index in [9.17, 15) is 14.9 Å². The van der Waals surface area contributed by atoms with Crippen molar-refractivity contribution in [1.82, 2.24) is 0 Å². The number of ether oxygens (including phenoxy) is 1. The summed E-state index contributed by atoms with van der Waals surface area (Å²) in [6, 6.07) is 9.07. The molecule has 0 amide bonds. The zero-order valence-electron chi connectivity index (χ0n) is 10.3. The largest absolute Gasteiger partial charge is 0.458 e. The maximum absolute atomic E-state index is 11.9. The van der Waals surface area contributed by atoms with Crippen LogP contribution in [0.15, 0.2) is 30.3 Å². The quantitative estimate of drug-likeness (QED) is 0.465. The van der Waals surface area contributed by atoms with Gasteiger partial charge in [0.25, 0.3) is 0 Å². The number of esters is 1. The standard InChI is InChI=1S/C13H15NO4/c1-9(2)18-12(15)13(14(16)17)8-11(13)10-6-4-3-5-7-10/h3-7,9,11H,8H2,1-2H3/t11-,13+/m0/s1. The number of carbonyl (C=O) groups is 1. The molecular formula is C13H15NO4. The normalized spacial score (nSPS) is 25.8. The zero-order chi connectivity index (χ0) is 13.3. The van der Waals surface area contributed by atoms with E-state index in [1.54, 1.807) is 26.0 Å². The molecular weight excluding hydrogens is 234 g/mol. The first-order valence-corrected chi connectivity index (χ1v) is 5.89. The van der Waals surface area contributed by atoms with Crippen LogP contribution in [0.25, 0.3) is 0 Å². The topological polar surface area (TPSA) is 69.4 Å². The van der Waals surface area contributed by atoms with Crippen molar-refractivity contribution in [3.05, 3.63) is 46.0 Å². The minimum atomic E-state index is -1.58. The molecule has 0 spiro atoms. The summed E-state index contributed by atoms with van der Waals surface area (Å²) in [6.07, 6.45) is -0.124. The summed E-state index contributed by atoms with van der Waals surface area (Å²) in [5, 5.41) is 11.2. The lowest BCUT2D eigenvalue weighted by atomic mass is 10.1. The van der Waals surface area contributed by atoms with E-state index in [0.717, 1.165) is 5.56 Å². The van der Waals surface area contributed by atoms with Gasteiger partial charge < -0.3 is 4.74 Å². The van der Waals surface area contributed by atoms with Crippen molar-refractivity contribution in [2.24, 2.45) is 0 Å². The molecule has 0 N–H and O–H groups in total. The van der Waals surface area contributed by atoms with Crippen LogP contribution in [0.1, 0.15) is 31.7 Å². The molecule has 1 aromatic carbocycles. The van der Waals surface area contributed by atoms with Crippen LogP contribution in [0.3, 0.4) is 0 Å². The third-order valence-electron chi connectivity index (χ3n) is 3.16. The Kier molecular flexibility index (Phi) is 3.07. The molecule has 0 radical (unpaired) electrons. The molecule has 0 heterocycles. The Labute approximate surface area is 105 Å². The van der Waals surface area contributed by atoms with E-state index in [2.05, 4.69) is 0 Å². The average molecular weight is 249 g/mol. The van der Waals surface area contributed by atoms with Gasteiger partial charge in [-0.1, -0.05) is 30.3 Å². The molecule has 5 heteroatoms. The molecule has 5 nitrogen and oxygen atoms in total. The molecule has 0 aliphatic heterocycles.